The number of fused-ring (bicyclic) bond motifs is 1. The van der Waals surface area contributed by atoms with Crippen LogP contribution in [0.1, 0.15) is 5.56 Å². The van der Waals surface area contributed by atoms with Crippen molar-refractivity contribution in [1.82, 2.24) is 14.5 Å². The molecule has 0 atom stereocenters. The molecule has 2 heterocycles. The fraction of sp³-hybridized carbons (Fsp3) is 0.133. The SMILES string of the molecule is Cn1c(-c2ccncc2)nc2ccc(CC#N)cc21. The molecule has 0 aliphatic rings. The lowest BCUT2D eigenvalue weighted by molar-refractivity contribution is 0.957. The molecule has 0 saturated carbocycles. The lowest BCUT2D eigenvalue weighted by Crippen LogP contribution is -1.93. The fourth-order valence-electron chi connectivity index (χ4n) is 2.20. The van der Waals surface area contributed by atoms with Crippen molar-refractivity contribution in [2.24, 2.45) is 7.05 Å². The zero-order valence-corrected chi connectivity index (χ0v) is 10.5. The highest BCUT2D eigenvalue weighted by molar-refractivity contribution is 5.81. The van der Waals surface area contributed by atoms with Crippen molar-refractivity contribution >= 4 is 11.0 Å². The van der Waals surface area contributed by atoms with Crippen molar-refractivity contribution in [3.8, 4) is 17.5 Å². The maximum Gasteiger partial charge on any atom is 0.140 e. The Morgan fingerprint density at radius 3 is 2.74 bits per heavy atom. The number of nitriles is 1. The number of pyridine rings is 1. The molecule has 19 heavy (non-hydrogen) atoms. The number of aryl methyl sites for hydroxylation is 1. The molecule has 4 nitrogen and oxygen atoms in total. The van der Waals surface area contributed by atoms with Crippen molar-refractivity contribution < 1.29 is 0 Å². The summed E-state index contributed by atoms with van der Waals surface area (Å²) >= 11 is 0. The summed E-state index contributed by atoms with van der Waals surface area (Å²) in [5.41, 5.74) is 4.03. The van der Waals surface area contributed by atoms with E-state index < -0.39 is 0 Å². The van der Waals surface area contributed by atoms with Crippen LogP contribution in [-0.2, 0) is 13.5 Å². The average molecular weight is 248 g/mol. The Hall–Kier alpha value is -2.67. The van der Waals surface area contributed by atoms with Gasteiger partial charge in [0, 0.05) is 25.0 Å². The van der Waals surface area contributed by atoms with E-state index >= 15 is 0 Å². The number of nitrogens with zero attached hydrogens (tertiary/aromatic N) is 4. The summed E-state index contributed by atoms with van der Waals surface area (Å²) in [6, 6.07) is 12.0. The van der Waals surface area contributed by atoms with Gasteiger partial charge in [-0.25, -0.2) is 4.98 Å². The topological polar surface area (TPSA) is 54.5 Å². The maximum atomic E-state index is 8.76. The summed E-state index contributed by atoms with van der Waals surface area (Å²) < 4.78 is 2.05. The zero-order valence-electron chi connectivity index (χ0n) is 10.5. The van der Waals surface area contributed by atoms with Gasteiger partial charge in [-0.15, -0.1) is 0 Å². The standard InChI is InChI=1S/C15H12N4/c1-19-14-10-11(4-7-16)2-3-13(14)18-15(19)12-5-8-17-9-6-12/h2-3,5-6,8-10H,4H2,1H3. The quantitative estimate of drug-likeness (QED) is 0.700. The average Bonchev–Trinajstić information content (AvgIpc) is 2.78. The largest absolute Gasteiger partial charge is 0.327 e. The van der Waals surface area contributed by atoms with Crippen LogP contribution in [0.3, 0.4) is 0 Å². The molecule has 1 aromatic carbocycles. The van der Waals surface area contributed by atoms with E-state index in [4.69, 9.17) is 5.26 Å². The molecule has 92 valence electrons. The van der Waals surface area contributed by atoms with Crippen LogP contribution in [-0.4, -0.2) is 14.5 Å². The molecule has 3 rings (SSSR count). The Morgan fingerprint density at radius 2 is 2.00 bits per heavy atom. The first-order valence-electron chi connectivity index (χ1n) is 6.02. The van der Waals surface area contributed by atoms with Gasteiger partial charge < -0.3 is 4.57 Å². The number of aromatic nitrogens is 3. The van der Waals surface area contributed by atoms with Gasteiger partial charge in [-0.1, -0.05) is 6.07 Å². The second-order valence-electron chi connectivity index (χ2n) is 4.39. The Bertz CT molecular complexity index is 766. The van der Waals surface area contributed by atoms with E-state index in [-0.39, 0.29) is 0 Å². The molecule has 0 radical (unpaired) electrons. The van der Waals surface area contributed by atoms with Gasteiger partial charge in [0.25, 0.3) is 0 Å². The summed E-state index contributed by atoms with van der Waals surface area (Å²) in [7, 11) is 1.99. The van der Waals surface area contributed by atoms with Crippen molar-refractivity contribution in [1.29, 1.82) is 5.26 Å². The number of benzene rings is 1. The van der Waals surface area contributed by atoms with Gasteiger partial charge in [0.15, 0.2) is 0 Å². The first-order chi connectivity index (χ1) is 9.29. The molecule has 2 aromatic heterocycles. The van der Waals surface area contributed by atoms with Gasteiger partial charge in [0.2, 0.25) is 0 Å². The Morgan fingerprint density at radius 1 is 1.21 bits per heavy atom. The molecule has 0 amide bonds. The second-order valence-corrected chi connectivity index (χ2v) is 4.39. The Balaban J connectivity index is 2.19. The van der Waals surface area contributed by atoms with Crippen LogP contribution in [0.2, 0.25) is 0 Å². The van der Waals surface area contributed by atoms with Gasteiger partial charge in [-0.3, -0.25) is 4.98 Å². The van der Waals surface area contributed by atoms with Crippen LogP contribution in [0.15, 0.2) is 42.7 Å². The van der Waals surface area contributed by atoms with E-state index in [0.29, 0.717) is 6.42 Å². The van der Waals surface area contributed by atoms with E-state index in [1.807, 2.05) is 41.9 Å². The van der Waals surface area contributed by atoms with Crippen LogP contribution in [0, 0.1) is 11.3 Å². The smallest absolute Gasteiger partial charge is 0.140 e. The molecule has 4 heteroatoms. The van der Waals surface area contributed by atoms with E-state index in [1.165, 1.54) is 0 Å². The van der Waals surface area contributed by atoms with Crippen LogP contribution < -0.4 is 0 Å². The number of rotatable bonds is 2. The molecule has 0 N–H and O–H groups in total. The van der Waals surface area contributed by atoms with Gasteiger partial charge in [0.1, 0.15) is 5.82 Å². The van der Waals surface area contributed by atoms with Gasteiger partial charge in [-0.05, 0) is 29.8 Å². The summed E-state index contributed by atoms with van der Waals surface area (Å²) in [6.07, 6.45) is 3.94. The molecule has 0 aliphatic carbocycles. The van der Waals surface area contributed by atoms with Crippen molar-refractivity contribution in [3.05, 3.63) is 48.3 Å². The minimum atomic E-state index is 0.422. The summed E-state index contributed by atoms with van der Waals surface area (Å²) in [6.45, 7) is 0. The van der Waals surface area contributed by atoms with Crippen molar-refractivity contribution in [2.75, 3.05) is 0 Å². The van der Waals surface area contributed by atoms with E-state index in [0.717, 1.165) is 28.0 Å². The third-order valence-electron chi connectivity index (χ3n) is 3.17. The molecular weight excluding hydrogens is 236 g/mol. The van der Waals surface area contributed by atoms with E-state index in [2.05, 4.69) is 16.0 Å². The monoisotopic (exact) mass is 248 g/mol. The predicted molar refractivity (Wildman–Crippen MR) is 73.3 cm³/mol. The van der Waals surface area contributed by atoms with Gasteiger partial charge in [-0.2, -0.15) is 5.26 Å². The number of hydrogen-bond acceptors (Lipinski definition) is 3. The highest BCUT2D eigenvalue weighted by atomic mass is 15.1. The number of imidazole rings is 1. The minimum absolute atomic E-state index is 0.422. The van der Waals surface area contributed by atoms with E-state index in [9.17, 15) is 0 Å². The van der Waals surface area contributed by atoms with Crippen molar-refractivity contribution in [3.63, 3.8) is 0 Å². The molecule has 0 unspecified atom stereocenters. The second kappa shape index (κ2) is 4.54. The minimum Gasteiger partial charge on any atom is -0.327 e. The van der Waals surface area contributed by atoms with Gasteiger partial charge >= 0.3 is 0 Å². The van der Waals surface area contributed by atoms with Crippen LogP contribution in [0.25, 0.3) is 22.4 Å². The lowest BCUT2D eigenvalue weighted by atomic mass is 10.1. The molecule has 0 bridgehead atoms. The van der Waals surface area contributed by atoms with Gasteiger partial charge in [0.05, 0.1) is 23.5 Å². The normalized spacial score (nSPS) is 10.5. The molecule has 0 aliphatic heterocycles. The van der Waals surface area contributed by atoms with Crippen LogP contribution in [0.5, 0.6) is 0 Å². The zero-order chi connectivity index (χ0) is 13.2. The molecular formula is C15H12N4. The number of hydrogen-bond donors (Lipinski definition) is 0. The van der Waals surface area contributed by atoms with Crippen molar-refractivity contribution in [2.45, 2.75) is 6.42 Å². The first-order valence-corrected chi connectivity index (χ1v) is 6.02. The Labute approximate surface area is 111 Å². The highest BCUT2D eigenvalue weighted by Gasteiger charge is 2.09. The van der Waals surface area contributed by atoms with Crippen LogP contribution in [0.4, 0.5) is 0 Å². The summed E-state index contributed by atoms with van der Waals surface area (Å²) in [5, 5.41) is 8.76. The molecule has 0 fully saturated rings. The van der Waals surface area contributed by atoms with E-state index in [1.54, 1.807) is 12.4 Å². The molecule has 0 spiro atoms. The maximum absolute atomic E-state index is 8.76. The summed E-state index contributed by atoms with van der Waals surface area (Å²) in [4.78, 5) is 8.66. The first kappa shape index (κ1) is 11.4. The highest BCUT2D eigenvalue weighted by Crippen LogP contribution is 2.23. The van der Waals surface area contributed by atoms with Crippen LogP contribution >= 0.6 is 0 Å². The summed E-state index contributed by atoms with van der Waals surface area (Å²) in [5.74, 6) is 0.909. The fourth-order valence-corrected chi connectivity index (χ4v) is 2.20. The molecule has 0 saturated heterocycles. The lowest BCUT2D eigenvalue weighted by Gasteiger charge is -2.02. The Kier molecular flexibility index (Phi) is 2.73. The third-order valence-corrected chi connectivity index (χ3v) is 3.17. The molecule has 3 aromatic rings. The predicted octanol–water partition coefficient (Wildman–Crippen LogP) is 2.70. The third kappa shape index (κ3) is 1.95.